The Bertz CT molecular complexity index is 2390. The topological polar surface area (TPSA) is 130 Å². The molecule has 3 saturated heterocycles. The van der Waals surface area contributed by atoms with Crippen LogP contribution in [0.5, 0.6) is 5.75 Å². The molecule has 13 heteroatoms. The van der Waals surface area contributed by atoms with Gasteiger partial charge in [-0.05, 0) is 65.6 Å². The smallest absolute Gasteiger partial charge is 0.264 e. The van der Waals surface area contributed by atoms with Crippen LogP contribution in [0.4, 0.5) is 17.1 Å². The molecule has 4 aliphatic heterocycles. The minimum absolute atomic E-state index is 0.00668. The number of amides is 3. The van der Waals surface area contributed by atoms with Crippen molar-refractivity contribution in [3.8, 4) is 5.75 Å². The maximum atomic E-state index is 15.5. The standard InChI is InChI=1S/C46H50N6O6Si/c1-30-44(59(3,4)36-17-15-35(57-2)16-18-36)41(20-23-49-28-39(47-48-49)37(29-53)32-8-6-5-7-9-32)58-46(30)38-26-34(51-25-22-43(51)55)14-19-40(38)52(45(46)56)27-31-10-12-33(13-11-31)50-24-21-42(50)54/h5-19,26,28,30,37,41,44,53H,20-25,27,29H2,1-4H3/t30-,37?,41+,44-,46+/m0/s1. The number of rotatable bonds is 13. The van der Waals surface area contributed by atoms with E-state index in [2.05, 4.69) is 42.5 Å². The summed E-state index contributed by atoms with van der Waals surface area (Å²) < 4.78 is 14.8. The molecule has 9 rings (SSSR count). The molecule has 1 N–H and O–H groups in total. The van der Waals surface area contributed by atoms with Crippen LogP contribution >= 0.6 is 0 Å². The molecule has 0 aliphatic carbocycles. The first-order valence-corrected chi connectivity index (χ1v) is 23.7. The Kier molecular flexibility index (Phi) is 10.0. The molecule has 1 unspecified atom stereocenters. The van der Waals surface area contributed by atoms with Gasteiger partial charge in [-0.2, -0.15) is 0 Å². The van der Waals surface area contributed by atoms with Crippen molar-refractivity contribution in [3.05, 3.63) is 126 Å². The maximum absolute atomic E-state index is 15.5. The van der Waals surface area contributed by atoms with Gasteiger partial charge in [0.1, 0.15) is 5.75 Å². The lowest BCUT2D eigenvalue weighted by atomic mass is 9.82. The summed E-state index contributed by atoms with van der Waals surface area (Å²) in [6, 6.07) is 32.0. The predicted octanol–water partition coefficient (Wildman–Crippen LogP) is 5.74. The maximum Gasteiger partial charge on any atom is 0.264 e. The highest BCUT2D eigenvalue weighted by Gasteiger charge is 2.66. The van der Waals surface area contributed by atoms with Gasteiger partial charge >= 0.3 is 0 Å². The summed E-state index contributed by atoms with van der Waals surface area (Å²) in [4.78, 5) is 45.8. The molecule has 12 nitrogen and oxygen atoms in total. The Morgan fingerprint density at radius 1 is 0.898 bits per heavy atom. The van der Waals surface area contributed by atoms with Crippen LogP contribution in [0.15, 0.2) is 103 Å². The number of aryl methyl sites for hydroxylation is 1. The number of carbonyl (C=O) groups is 3. The summed E-state index contributed by atoms with van der Waals surface area (Å²) >= 11 is 0. The third kappa shape index (κ3) is 6.55. The number of β-lactam (4-membered cyclic amide) rings is 2. The van der Waals surface area contributed by atoms with E-state index in [4.69, 9.17) is 9.47 Å². The zero-order valence-electron chi connectivity index (χ0n) is 34.0. The van der Waals surface area contributed by atoms with Crippen LogP contribution in [-0.4, -0.2) is 78.8 Å². The number of aliphatic hydroxyl groups is 1. The fraction of sp³-hybridized carbons (Fsp3) is 0.370. The molecular weight excluding hydrogens is 761 g/mol. The van der Waals surface area contributed by atoms with Crippen molar-refractivity contribution in [2.24, 2.45) is 5.92 Å². The van der Waals surface area contributed by atoms with Gasteiger partial charge in [-0.3, -0.25) is 19.1 Å². The largest absolute Gasteiger partial charge is 0.497 e. The average Bonchev–Trinajstić information content (AvgIpc) is 3.90. The molecule has 3 fully saturated rings. The lowest BCUT2D eigenvalue weighted by Gasteiger charge is -2.37. The van der Waals surface area contributed by atoms with E-state index >= 15 is 4.79 Å². The first kappa shape index (κ1) is 38.9. The second-order valence-electron chi connectivity index (χ2n) is 16.8. The normalized spacial score (nSPS) is 23.1. The highest BCUT2D eigenvalue weighted by molar-refractivity contribution is 6.91. The number of aromatic nitrogens is 3. The van der Waals surface area contributed by atoms with Gasteiger partial charge in [0, 0.05) is 61.5 Å². The van der Waals surface area contributed by atoms with E-state index in [-0.39, 0.29) is 47.8 Å². The van der Waals surface area contributed by atoms with Gasteiger partial charge < -0.3 is 29.3 Å². The number of nitrogens with zero attached hydrogens (tertiary/aromatic N) is 6. The van der Waals surface area contributed by atoms with Crippen LogP contribution in [-0.2, 0) is 37.8 Å². The number of hydrogen-bond donors (Lipinski definition) is 1. The van der Waals surface area contributed by atoms with Gasteiger partial charge in [-0.15, -0.1) is 5.10 Å². The number of fused-ring (bicyclic) bond motifs is 2. The van der Waals surface area contributed by atoms with Crippen molar-refractivity contribution in [2.75, 3.05) is 41.5 Å². The number of methoxy groups -OCH3 is 1. The van der Waals surface area contributed by atoms with Crippen LogP contribution < -0.4 is 24.6 Å². The Labute approximate surface area is 345 Å². The van der Waals surface area contributed by atoms with Crippen molar-refractivity contribution in [2.45, 2.75) is 75.5 Å². The zero-order chi connectivity index (χ0) is 41.1. The van der Waals surface area contributed by atoms with E-state index in [0.717, 1.165) is 39.5 Å². The Balaban J connectivity index is 1.09. The van der Waals surface area contributed by atoms with Crippen LogP contribution in [0.1, 0.15) is 54.5 Å². The van der Waals surface area contributed by atoms with Gasteiger partial charge in [-0.1, -0.05) is 85.0 Å². The lowest BCUT2D eigenvalue weighted by molar-refractivity contribution is -0.146. The summed E-state index contributed by atoms with van der Waals surface area (Å²) in [7, 11) is -0.771. The third-order valence-electron chi connectivity index (χ3n) is 13.4. The summed E-state index contributed by atoms with van der Waals surface area (Å²) in [5, 5.41) is 20.6. The minimum atomic E-state index is -2.44. The molecule has 0 radical (unpaired) electrons. The van der Waals surface area contributed by atoms with Crippen LogP contribution in [0, 0.1) is 5.92 Å². The Morgan fingerprint density at radius 3 is 2.20 bits per heavy atom. The van der Waals surface area contributed by atoms with E-state index in [9.17, 15) is 14.7 Å². The monoisotopic (exact) mass is 810 g/mol. The highest BCUT2D eigenvalue weighted by Crippen LogP contribution is 2.60. The third-order valence-corrected chi connectivity index (χ3v) is 17.7. The second kappa shape index (κ2) is 15.2. The van der Waals surface area contributed by atoms with E-state index < -0.39 is 13.7 Å². The Morgan fingerprint density at radius 2 is 1.58 bits per heavy atom. The lowest BCUT2D eigenvalue weighted by Crippen LogP contribution is -2.51. The van der Waals surface area contributed by atoms with Gasteiger partial charge in [0.25, 0.3) is 5.91 Å². The number of aliphatic hydroxyl groups excluding tert-OH is 1. The van der Waals surface area contributed by atoms with Gasteiger partial charge in [0.15, 0.2) is 5.60 Å². The first-order valence-electron chi connectivity index (χ1n) is 20.6. The molecule has 4 aromatic carbocycles. The second-order valence-corrected chi connectivity index (χ2v) is 21.5. The van der Waals surface area contributed by atoms with Gasteiger partial charge in [-0.25, -0.2) is 0 Å². The van der Waals surface area contributed by atoms with Crippen LogP contribution in [0.3, 0.4) is 0 Å². The molecule has 1 aromatic heterocycles. The minimum Gasteiger partial charge on any atom is -0.497 e. The SMILES string of the molecule is COc1ccc([Si](C)(C)[C@@H]2[C@@H](CCn3cc(C(CO)c4ccccc4)nn3)O[C@]3(C(=O)N(Cc4ccc(N5CCC5=O)cc4)c4ccc(N5CCC5=O)cc43)[C@H]2C)cc1. The van der Waals surface area contributed by atoms with Gasteiger partial charge in [0.05, 0.1) is 51.7 Å². The molecule has 304 valence electrons. The van der Waals surface area contributed by atoms with E-state index in [1.54, 1.807) is 16.9 Å². The van der Waals surface area contributed by atoms with Crippen LogP contribution in [0.25, 0.3) is 0 Å². The van der Waals surface area contributed by atoms with Crippen molar-refractivity contribution < 1.29 is 29.0 Å². The van der Waals surface area contributed by atoms with Crippen molar-refractivity contribution in [3.63, 3.8) is 0 Å². The predicted molar refractivity (Wildman–Crippen MR) is 228 cm³/mol. The van der Waals surface area contributed by atoms with Crippen molar-refractivity contribution in [1.29, 1.82) is 0 Å². The molecule has 3 amide bonds. The number of carbonyl (C=O) groups excluding carboxylic acids is 3. The number of anilines is 3. The number of benzene rings is 4. The van der Waals surface area contributed by atoms with E-state index in [1.807, 2.05) is 101 Å². The molecule has 4 aliphatic rings. The van der Waals surface area contributed by atoms with Crippen LogP contribution in [0.2, 0.25) is 18.6 Å². The number of hydrogen-bond acceptors (Lipinski definition) is 8. The van der Waals surface area contributed by atoms with Crippen molar-refractivity contribution >= 4 is 48.0 Å². The summed E-state index contributed by atoms with van der Waals surface area (Å²) in [6.45, 7) is 8.97. The quantitative estimate of drug-likeness (QED) is 0.118. The molecule has 5 aromatic rings. The zero-order valence-corrected chi connectivity index (χ0v) is 35.0. The molecule has 1 spiro atoms. The summed E-state index contributed by atoms with van der Waals surface area (Å²) in [5.74, 6) is 0.312. The molecule has 59 heavy (non-hydrogen) atoms. The fourth-order valence-corrected chi connectivity index (χ4v) is 14.0. The molecule has 0 bridgehead atoms. The average molecular weight is 811 g/mol. The Hall–Kier alpha value is -5.63. The van der Waals surface area contributed by atoms with E-state index in [1.165, 1.54) is 5.19 Å². The molecule has 5 heterocycles. The first-order chi connectivity index (χ1) is 28.5. The highest BCUT2D eigenvalue weighted by atomic mass is 28.3. The number of ether oxygens (including phenoxy) is 2. The fourth-order valence-electron chi connectivity index (χ4n) is 9.93. The van der Waals surface area contributed by atoms with E-state index in [0.29, 0.717) is 51.1 Å². The molecular formula is C46H50N6O6Si. The van der Waals surface area contributed by atoms with Gasteiger partial charge in [0.2, 0.25) is 11.8 Å². The summed E-state index contributed by atoms with van der Waals surface area (Å²) in [5.41, 5.74) is 4.47. The summed E-state index contributed by atoms with van der Waals surface area (Å²) in [6.07, 6.45) is 3.21. The molecule has 5 atom stereocenters. The van der Waals surface area contributed by atoms with Crippen molar-refractivity contribution in [1.82, 2.24) is 15.0 Å². The molecule has 0 saturated carbocycles.